The average Bonchev–Trinajstić information content (AvgIpc) is 3.04. The van der Waals surface area contributed by atoms with Crippen LogP contribution >= 0.6 is 0 Å². The van der Waals surface area contributed by atoms with E-state index in [1.54, 1.807) is 12.3 Å². The number of fused-ring (bicyclic) bond motifs is 1. The van der Waals surface area contributed by atoms with Crippen LogP contribution in [-0.4, -0.2) is 19.5 Å². The van der Waals surface area contributed by atoms with E-state index in [9.17, 15) is 4.79 Å². The minimum Gasteiger partial charge on any atom is -0.460 e. The molecule has 0 aliphatic heterocycles. The predicted molar refractivity (Wildman–Crippen MR) is 95.6 cm³/mol. The molecule has 4 rings (SSSR count). The molecule has 0 amide bonds. The molecular formula is C18H15N5O2. The maximum atomic E-state index is 12.4. The van der Waals surface area contributed by atoms with Crippen molar-refractivity contribution in [3.63, 3.8) is 0 Å². The molecule has 25 heavy (non-hydrogen) atoms. The molecule has 0 fully saturated rings. The Balaban J connectivity index is 2.00. The van der Waals surface area contributed by atoms with E-state index in [1.165, 1.54) is 10.8 Å². The molecule has 0 aromatic carbocycles. The third-order valence-electron chi connectivity index (χ3n) is 3.83. The van der Waals surface area contributed by atoms with Crippen molar-refractivity contribution in [1.82, 2.24) is 19.5 Å². The monoisotopic (exact) mass is 333 g/mol. The Kier molecular flexibility index (Phi) is 3.53. The van der Waals surface area contributed by atoms with Crippen LogP contribution in [-0.2, 0) is 0 Å². The highest BCUT2D eigenvalue weighted by Crippen LogP contribution is 2.26. The van der Waals surface area contributed by atoms with Gasteiger partial charge < -0.3 is 10.2 Å². The molecule has 1 aliphatic rings. The van der Waals surface area contributed by atoms with Gasteiger partial charge in [0, 0.05) is 6.20 Å². The summed E-state index contributed by atoms with van der Waals surface area (Å²) >= 11 is 0. The second-order valence-electron chi connectivity index (χ2n) is 5.67. The van der Waals surface area contributed by atoms with E-state index in [4.69, 9.17) is 10.2 Å². The second-order valence-corrected chi connectivity index (χ2v) is 5.67. The molecule has 0 saturated heterocycles. The molecule has 124 valence electrons. The lowest BCUT2D eigenvalue weighted by atomic mass is 10.1. The summed E-state index contributed by atoms with van der Waals surface area (Å²) in [6.07, 6.45) is 11.6. The first-order valence-corrected chi connectivity index (χ1v) is 7.77. The Hall–Kier alpha value is -3.48. The van der Waals surface area contributed by atoms with E-state index in [0.717, 1.165) is 17.8 Å². The van der Waals surface area contributed by atoms with E-state index in [0.29, 0.717) is 22.6 Å². The number of hydrogen-bond acceptors (Lipinski definition) is 6. The number of aromatic nitrogens is 4. The topological polar surface area (TPSA) is 99.8 Å². The lowest BCUT2D eigenvalue weighted by Gasteiger charge is -2.09. The van der Waals surface area contributed by atoms with E-state index >= 15 is 0 Å². The number of hydrogen-bond donors (Lipinski definition) is 1. The molecule has 7 heteroatoms. The van der Waals surface area contributed by atoms with Crippen molar-refractivity contribution in [2.45, 2.75) is 13.3 Å². The number of nitrogens with zero attached hydrogens (tertiary/aromatic N) is 4. The van der Waals surface area contributed by atoms with Crippen molar-refractivity contribution in [2.24, 2.45) is 0 Å². The van der Waals surface area contributed by atoms with Crippen LogP contribution in [0.15, 0.2) is 57.4 Å². The molecule has 3 heterocycles. The molecule has 0 radical (unpaired) electrons. The van der Waals surface area contributed by atoms with Gasteiger partial charge in [-0.05, 0) is 31.1 Å². The summed E-state index contributed by atoms with van der Waals surface area (Å²) in [5.74, 6) is 1.33. The van der Waals surface area contributed by atoms with Crippen LogP contribution in [0.5, 0.6) is 0 Å². The van der Waals surface area contributed by atoms with Gasteiger partial charge >= 0.3 is 0 Å². The Morgan fingerprint density at radius 1 is 1.28 bits per heavy atom. The molecular weight excluding hydrogens is 318 g/mol. The number of allylic oxidation sites excluding steroid dienone is 5. The van der Waals surface area contributed by atoms with Crippen LogP contribution in [0.3, 0.4) is 0 Å². The quantitative estimate of drug-likeness (QED) is 0.774. The Labute approximate surface area is 142 Å². The van der Waals surface area contributed by atoms with Crippen molar-refractivity contribution in [3.8, 4) is 11.5 Å². The molecule has 3 aromatic heterocycles. The Morgan fingerprint density at radius 2 is 2.16 bits per heavy atom. The number of nitrogen functional groups attached to an aromatic ring is 1. The number of rotatable bonds is 2. The number of furan rings is 1. The first kappa shape index (κ1) is 15.1. The van der Waals surface area contributed by atoms with Crippen LogP contribution in [0.4, 0.5) is 5.95 Å². The Morgan fingerprint density at radius 3 is 2.88 bits per heavy atom. The van der Waals surface area contributed by atoms with Gasteiger partial charge in [-0.1, -0.05) is 24.3 Å². The van der Waals surface area contributed by atoms with Gasteiger partial charge in [0.05, 0.1) is 6.20 Å². The summed E-state index contributed by atoms with van der Waals surface area (Å²) in [5.41, 5.74) is 7.82. The predicted octanol–water partition coefficient (Wildman–Crippen LogP) is 2.69. The van der Waals surface area contributed by atoms with Gasteiger partial charge in [-0.15, -0.1) is 0 Å². The van der Waals surface area contributed by atoms with Crippen molar-refractivity contribution in [1.29, 1.82) is 0 Å². The second kappa shape index (κ2) is 5.86. The van der Waals surface area contributed by atoms with E-state index in [2.05, 4.69) is 15.0 Å². The smallest absolute Gasteiger partial charge is 0.274 e. The summed E-state index contributed by atoms with van der Waals surface area (Å²) in [6.45, 7) is 1.84. The van der Waals surface area contributed by atoms with Gasteiger partial charge in [-0.2, -0.15) is 4.98 Å². The summed E-state index contributed by atoms with van der Waals surface area (Å²) < 4.78 is 7.09. The molecule has 3 aromatic rings. The molecule has 0 atom stereocenters. The largest absolute Gasteiger partial charge is 0.460 e. The van der Waals surface area contributed by atoms with Gasteiger partial charge in [0.15, 0.2) is 11.4 Å². The van der Waals surface area contributed by atoms with Crippen LogP contribution in [0.2, 0.25) is 0 Å². The number of anilines is 1. The fourth-order valence-electron chi connectivity index (χ4n) is 2.68. The summed E-state index contributed by atoms with van der Waals surface area (Å²) in [4.78, 5) is 25.1. The summed E-state index contributed by atoms with van der Waals surface area (Å²) in [6, 6.07) is 3.62. The maximum Gasteiger partial charge on any atom is 0.274 e. The lowest BCUT2D eigenvalue weighted by Crippen LogP contribution is -2.18. The number of nitrogens with two attached hydrogens (primary N) is 1. The minimum absolute atomic E-state index is 0.0511. The lowest BCUT2D eigenvalue weighted by molar-refractivity contribution is 0.547. The van der Waals surface area contributed by atoms with Gasteiger partial charge in [0.25, 0.3) is 5.56 Å². The first-order valence-electron chi connectivity index (χ1n) is 7.77. The standard InChI is InChI=1S/C18H15N5O2/c1-11-7-8-13(25-11)15-16-17(22-18(19)21-15)23(14(24)9-20-16)10-12-5-3-2-4-6-12/h2-5,7-10H,6H2,1H3,(H2,19,21,22). The van der Waals surface area contributed by atoms with E-state index in [1.807, 2.05) is 37.3 Å². The summed E-state index contributed by atoms with van der Waals surface area (Å²) in [5, 5.41) is 0. The van der Waals surface area contributed by atoms with E-state index < -0.39 is 0 Å². The van der Waals surface area contributed by atoms with Gasteiger partial charge in [-0.25, -0.2) is 9.97 Å². The third kappa shape index (κ3) is 2.76. The summed E-state index contributed by atoms with van der Waals surface area (Å²) in [7, 11) is 0. The van der Waals surface area contributed by atoms with Crippen LogP contribution in [0, 0.1) is 6.92 Å². The molecule has 2 N–H and O–H groups in total. The highest BCUT2D eigenvalue weighted by molar-refractivity contribution is 5.87. The Bertz CT molecular complexity index is 1120. The van der Waals surface area contributed by atoms with E-state index in [-0.39, 0.29) is 11.5 Å². The zero-order chi connectivity index (χ0) is 17.4. The molecule has 0 unspecified atom stereocenters. The highest BCUT2D eigenvalue weighted by Gasteiger charge is 2.16. The number of aryl methyl sites for hydroxylation is 1. The average molecular weight is 333 g/mol. The van der Waals surface area contributed by atoms with Crippen molar-refractivity contribution >= 4 is 23.3 Å². The van der Waals surface area contributed by atoms with Crippen LogP contribution in [0.25, 0.3) is 28.8 Å². The van der Waals surface area contributed by atoms with Crippen molar-refractivity contribution in [3.05, 3.63) is 64.3 Å². The zero-order valence-electron chi connectivity index (χ0n) is 13.5. The molecule has 0 bridgehead atoms. The van der Waals surface area contributed by atoms with Crippen molar-refractivity contribution < 1.29 is 4.42 Å². The molecule has 0 spiro atoms. The van der Waals surface area contributed by atoms with Gasteiger partial charge in [0.2, 0.25) is 5.95 Å². The maximum absolute atomic E-state index is 12.4. The fourth-order valence-corrected chi connectivity index (χ4v) is 2.68. The van der Waals surface area contributed by atoms with Gasteiger partial charge in [0.1, 0.15) is 17.0 Å². The van der Waals surface area contributed by atoms with Crippen molar-refractivity contribution in [2.75, 3.05) is 5.73 Å². The minimum atomic E-state index is -0.289. The first-order chi connectivity index (χ1) is 12.1. The molecule has 0 saturated carbocycles. The molecule has 1 aliphatic carbocycles. The van der Waals surface area contributed by atoms with Crippen LogP contribution < -0.4 is 11.3 Å². The third-order valence-corrected chi connectivity index (χ3v) is 3.83. The SMILES string of the molecule is Cc1ccc(-c2nc(N)nc3c2ncc(=O)n3C=C2C=CC=CC2)o1. The van der Waals surface area contributed by atoms with Gasteiger partial charge in [-0.3, -0.25) is 9.36 Å². The highest BCUT2D eigenvalue weighted by atomic mass is 16.3. The molecule has 7 nitrogen and oxygen atoms in total. The zero-order valence-corrected chi connectivity index (χ0v) is 13.5. The fraction of sp³-hybridized carbons (Fsp3) is 0.111. The normalized spacial score (nSPS) is 15.3. The van der Waals surface area contributed by atoms with Crippen LogP contribution in [0.1, 0.15) is 12.2 Å².